The van der Waals surface area contributed by atoms with Gasteiger partial charge in [-0.3, -0.25) is 0 Å². The van der Waals surface area contributed by atoms with Crippen LogP contribution in [0.5, 0.6) is 11.5 Å². The third kappa shape index (κ3) is 2.87. The standard InChI is InChI=1S/C18H16N4O3/c1-23-12-5-3-11(4-6-12)20-18-22-21-17(25-18)15-10-19-16-8-7-13(24-2)9-14(15)16/h3-10,19H,1-2H3,(H,20,22). The summed E-state index contributed by atoms with van der Waals surface area (Å²) in [5.41, 5.74) is 2.62. The molecule has 0 amide bonds. The van der Waals surface area contributed by atoms with E-state index in [0.717, 1.165) is 33.7 Å². The van der Waals surface area contributed by atoms with Crippen molar-refractivity contribution < 1.29 is 13.9 Å². The topological polar surface area (TPSA) is 85.2 Å². The molecule has 7 heteroatoms. The highest BCUT2D eigenvalue weighted by Crippen LogP contribution is 2.31. The summed E-state index contributed by atoms with van der Waals surface area (Å²) in [5.74, 6) is 1.98. The fourth-order valence-corrected chi connectivity index (χ4v) is 2.58. The van der Waals surface area contributed by atoms with E-state index >= 15 is 0 Å². The largest absolute Gasteiger partial charge is 0.497 e. The number of hydrogen-bond donors (Lipinski definition) is 2. The van der Waals surface area contributed by atoms with E-state index in [4.69, 9.17) is 13.9 Å². The first-order valence-corrected chi connectivity index (χ1v) is 7.67. The molecule has 0 fully saturated rings. The second kappa shape index (κ2) is 6.20. The minimum Gasteiger partial charge on any atom is -0.497 e. The van der Waals surface area contributed by atoms with E-state index in [0.29, 0.717) is 11.9 Å². The minimum absolute atomic E-state index is 0.317. The van der Waals surface area contributed by atoms with Gasteiger partial charge in [-0.1, -0.05) is 5.10 Å². The van der Waals surface area contributed by atoms with Crippen LogP contribution in [0, 0.1) is 0 Å². The van der Waals surface area contributed by atoms with Crippen LogP contribution in [0.25, 0.3) is 22.4 Å². The van der Waals surface area contributed by atoms with Crippen LogP contribution in [0.3, 0.4) is 0 Å². The third-order valence-corrected chi connectivity index (χ3v) is 3.89. The normalized spacial score (nSPS) is 10.8. The highest BCUT2D eigenvalue weighted by Gasteiger charge is 2.14. The number of hydrogen-bond acceptors (Lipinski definition) is 6. The monoisotopic (exact) mass is 336 g/mol. The molecule has 0 bridgehead atoms. The Bertz CT molecular complexity index is 1000. The van der Waals surface area contributed by atoms with Gasteiger partial charge in [0, 0.05) is 22.8 Å². The summed E-state index contributed by atoms with van der Waals surface area (Å²) in [7, 11) is 3.26. The molecule has 7 nitrogen and oxygen atoms in total. The van der Waals surface area contributed by atoms with Crippen molar-refractivity contribution in [2.75, 3.05) is 19.5 Å². The van der Waals surface area contributed by atoms with Crippen molar-refractivity contribution in [1.82, 2.24) is 15.2 Å². The molecule has 0 saturated heterocycles. The molecule has 4 aromatic rings. The number of rotatable bonds is 5. The number of ether oxygens (including phenoxy) is 2. The molecule has 25 heavy (non-hydrogen) atoms. The van der Waals surface area contributed by atoms with Gasteiger partial charge in [0.2, 0.25) is 0 Å². The zero-order valence-corrected chi connectivity index (χ0v) is 13.7. The zero-order valence-electron chi connectivity index (χ0n) is 13.7. The summed E-state index contributed by atoms with van der Waals surface area (Å²) in [5, 5.41) is 12.2. The van der Waals surface area contributed by atoms with Crippen LogP contribution in [0.2, 0.25) is 0 Å². The van der Waals surface area contributed by atoms with E-state index < -0.39 is 0 Å². The molecule has 0 atom stereocenters. The number of nitrogens with one attached hydrogen (secondary N) is 2. The van der Waals surface area contributed by atoms with Crippen molar-refractivity contribution in [3.05, 3.63) is 48.7 Å². The molecule has 0 saturated carbocycles. The summed E-state index contributed by atoms with van der Waals surface area (Å²) < 4.78 is 16.2. The first-order valence-electron chi connectivity index (χ1n) is 7.67. The van der Waals surface area contributed by atoms with Gasteiger partial charge in [0.15, 0.2) is 0 Å². The number of methoxy groups -OCH3 is 2. The summed E-state index contributed by atoms with van der Waals surface area (Å²) in [4.78, 5) is 3.19. The lowest BCUT2D eigenvalue weighted by atomic mass is 10.1. The minimum atomic E-state index is 0.317. The second-order valence-corrected chi connectivity index (χ2v) is 5.38. The summed E-state index contributed by atoms with van der Waals surface area (Å²) in [6.45, 7) is 0. The lowest BCUT2D eigenvalue weighted by Crippen LogP contribution is -1.90. The summed E-state index contributed by atoms with van der Waals surface area (Å²) >= 11 is 0. The second-order valence-electron chi connectivity index (χ2n) is 5.38. The SMILES string of the molecule is COc1ccc(Nc2nnc(-c3c[nH]c4ccc(OC)cc34)o2)cc1. The number of benzene rings is 2. The third-order valence-electron chi connectivity index (χ3n) is 3.89. The predicted octanol–water partition coefficient (Wildman–Crippen LogP) is 3.98. The molecule has 2 N–H and O–H groups in total. The van der Waals surface area contributed by atoms with Gasteiger partial charge in [0.1, 0.15) is 11.5 Å². The highest BCUT2D eigenvalue weighted by molar-refractivity contribution is 5.94. The number of H-pyrrole nitrogens is 1. The van der Waals surface area contributed by atoms with Gasteiger partial charge in [-0.2, -0.15) is 0 Å². The molecular weight excluding hydrogens is 320 g/mol. The Morgan fingerprint density at radius 1 is 0.960 bits per heavy atom. The van der Waals surface area contributed by atoms with Gasteiger partial charge in [-0.25, -0.2) is 0 Å². The molecule has 0 radical (unpaired) electrons. The maximum atomic E-state index is 5.74. The van der Waals surface area contributed by atoms with E-state index in [1.165, 1.54) is 0 Å². The molecule has 0 aliphatic heterocycles. The van der Waals surface area contributed by atoms with Crippen LogP contribution >= 0.6 is 0 Å². The molecule has 0 aliphatic rings. The molecule has 4 rings (SSSR count). The van der Waals surface area contributed by atoms with E-state index in [9.17, 15) is 0 Å². The van der Waals surface area contributed by atoms with Gasteiger partial charge in [-0.15, -0.1) is 5.10 Å². The Hall–Kier alpha value is -3.48. The van der Waals surface area contributed by atoms with Crippen LogP contribution in [0.1, 0.15) is 0 Å². The van der Waals surface area contributed by atoms with E-state index in [1.807, 2.05) is 48.7 Å². The van der Waals surface area contributed by atoms with Crippen LogP contribution in [0.4, 0.5) is 11.7 Å². The number of nitrogens with zero attached hydrogens (tertiary/aromatic N) is 2. The number of aromatic amines is 1. The lowest BCUT2D eigenvalue weighted by Gasteiger charge is -2.02. The molecule has 126 valence electrons. The Balaban J connectivity index is 1.62. The molecular formula is C18H16N4O3. The lowest BCUT2D eigenvalue weighted by molar-refractivity contribution is 0.415. The molecule has 2 aromatic carbocycles. The Kier molecular flexibility index (Phi) is 3.74. The Labute approximate surface area is 143 Å². The maximum absolute atomic E-state index is 5.74. The fraction of sp³-hybridized carbons (Fsp3) is 0.111. The average molecular weight is 336 g/mol. The number of aromatic nitrogens is 3. The number of anilines is 2. The van der Waals surface area contributed by atoms with Crippen molar-refractivity contribution in [3.63, 3.8) is 0 Å². The average Bonchev–Trinajstić information content (AvgIpc) is 3.28. The Morgan fingerprint density at radius 3 is 2.48 bits per heavy atom. The first kappa shape index (κ1) is 15.1. The van der Waals surface area contributed by atoms with E-state index in [-0.39, 0.29) is 0 Å². The van der Waals surface area contributed by atoms with Crippen LogP contribution in [-0.4, -0.2) is 29.4 Å². The van der Waals surface area contributed by atoms with Crippen LogP contribution in [-0.2, 0) is 0 Å². The van der Waals surface area contributed by atoms with Gasteiger partial charge in [-0.05, 0) is 42.5 Å². The van der Waals surface area contributed by atoms with Crippen LogP contribution in [0.15, 0.2) is 53.1 Å². The quantitative estimate of drug-likeness (QED) is 0.573. The van der Waals surface area contributed by atoms with Crippen molar-refractivity contribution >= 4 is 22.6 Å². The fourth-order valence-electron chi connectivity index (χ4n) is 2.58. The van der Waals surface area contributed by atoms with Gasteiger partial charge >= 0.3 is 6.01 Å². The van der Waals surface area contributed by atoms with Crippen molar-refractivity contribution in [3.8, 4) is 23.0 Å². The smallest absolute Gasteiger partial charge is 0.320 e. The Morgan fingerprint density at radius 2 is 1.72 bits per heavy atom. The molecule has 2 heterocycles. The summed E-state index contributed by atoms with van der Waals surface area (Å²) in [6.07, 6.45) is 1.84. The van der Waals surface area contributed by atoms with Gasteiger partial charge < -0.3 is 24.2 Å². The van der Waals surface area contributed by atoms with Crippen molar-refractivity contribution in [2.45, 2.75) is 0 Å². The molecule has 2 aromatic heterocycles. The number of fused-ring (bicyclic) bond motifs is 1. The summed E-state index contributed by atoms with van der Waals surface area (Å²) in [6, 6.07) is 13.5. The molecule has 0 spiro atoms. The van der Waals surface area contributed by atoms with Gasteiger partial charge in [0.25, 0.3) is 5.89 Å². The van der Waals surface area contributed by atoms with E-state index in [2.05, 4.69) is 20.5 Å². The maximum Gasteiger partial charge on any atom is 0.320 e. The zero-order chi connectivity index (χ0) is 17.2. The van der Waals surface area contributed by atoms with Crippen molar-refractivity contribution in [2.24, 2.45) is 0 Å². The van der Waals surface area contributed by atoms with Crippen molar-refractivity contribution in [1.29, 1.82) is 0 Å². The highest BCUT2D eigenvalue weighted by atomic mass is 16.5. The molecule has 0 aliphatic carbocycles. The molecule has 0 unspecified atom stereocenters. The van der Waals surface area contributed by atoms with Crippen LogP contribution < -0.4 is 14.8 Å². The first-order chi connectivity index (χ1) is 12.3. The van der Waals surface area contributed by atoms with E-state index in [1.54, 1.807) is 14.2 Å². The van der Waals surface area contributed by atoms with Gasteiger partial charge in [0.05, 0.1) is 19.8 Å². The predicted molar refractivity (Wildman–Crippen MR) is 94.4 cm³/mol.